The third-order valence-electron chi connectivity index (χ3n) is 3.73. The van der Waals surface area contributed by atoms with E-state index in [1.165, 1.54) is 11.3 Å². The van der Waals surface area contributed by atoms with Crippen LogP contribution in [-0.4, -0.2) is 11.9 Å². The van der Waals surface area contributed by atoms with Gasteiger partial charge in [0.25, 0.3) is 5.91 Å². The largest absolute Gasteiger partial charge is 0.489 e. The minimum absolute atomic E-state index is 0.121. The second-order valence-corrected chi connectivity index (χ2v) is 7.33. The molecule has 1 aromatic carbocycles. The maximum absolute atomic E-state index is 11.6. The fourth-order valence-corrected chi connectivity index (χ4v) is 4.43. The molecule has 4 rings (SSSR count). The van der Waals surface area contributed by atoms with E-state index in [0.717, 1.165) is 15.6 Å². The van der Waals surface area contributed by atoms with Crippen molar-refractivity contribution in [3.8, 4) is 5.75 Å². The molecule has 5 N–H and O–H groups in total. The smallest absolute Gasteiger partial charge is 0.316 e. The Morgan fingerprint density at radius 1 is 1.23 bits per heavy atom. The van der Waals surface area contributed by atoms with E-state index < -0.39 is 11.9 Å². The molecule has 4 aromatic rings. The zero-order valence-electron chi connectivity index (χ0n) is 13.3. The summed E-state index contributed by atoms with van der Waals surface area (Å²) in [7, 11) is 0. The highest BCUT2D eigenvalue weighted by Gasteiger charge is 2.23. The Hall–Kier alpha value is -3.04. The Bertz CT molecular complexity index is 1130. The molecule has 0 aliphatic heterocycles. The average molecular weight is 387 g/mol. The van der Waals surface area contributed by atoms with Gasteiger partial charge >= 0.3 is 6.03 Å². The second-order valence-electron chi connectivity index (χ2n) is 5.50. The lowest BCUT2D eigenvalue weighted by atomic mass is 10.2. The minimum atomic E-state index is -0.799. The highest BCUT2D eigenvalue weighted by atomic mass is 32.1. The van der Waals surface area contributed by atoms with Crippen molar-refractivity contribution in [3.05, 3.63) is 46.3 Å². The number of hydrogen-bond donors (Lipinski definition) is 3. The number of furan rings is 1. The van der Waals surface area contributed by atoms with Crippen LogP contribution in [0, 0.1) is 0 Å². The van der Waals surface area contributed by atoms with Gasteiger partial charge < -0.3 is 25.9 Å². The molecule has 3 amide bonds. The Labute approximate surface area is 155 Å². The summed E-state index contributed by atoms with van der Waals surface area (Å²) >= 11 is 2.97. The normalized spacial score (nSPS) is 11.1. The van der Waals surface area contributed by atoms with Crippen molar-refractivity contribution in [3.63, 3.8) is 0 Å². The van der Waals surface area contributed by atoms with Crippen LogP contribution >= 0.6 is 22.7 Å². The molecular weight excluding hydrogens is 374 g/mol. The maximum Gasteiger partial charge on any atom is 0.316 e. The molecule has 3 aromatic heterocycles. The number of anilines is 1. The molecule has 9 heteroatoms. The highest BCUT2D eigenvalue weighted by Crippen LogP contribution is 2.43. The van der Waals surface area contributed by atoms with Gasteiger partial charge in [-0.1, -0.05) is 0 Å². The van der Waals surface area contributed by atoms with E-state index in [2.05, 4.69) is 5.32 Å². The van der Waals surface area contributed by atoms with Crippen LogP contribution in [0.5, 0.6) is 5.75 Å². The van der Waals surface area contributed by atoms with Gasteiger partial charge in [0.1, 0.15) is 18.0 Å². The SMILES string of the molecule is NC(=O)Nc1c(C(N)=O)oc2c1sc1cc(OCc3ccsc3)ccc12. The lowest BCUT2D eigenvalue weighted by Crippen LogP contribution is -2.21. The Kier molecular flexibility index (Phi) is 4.02. The lowest BCUT2D eigenvalue weighted by molar-refractivity contribution is 0.0977. The number of primary amides is 2. The van der Waals surface area contributed by atoms with Crippen LogP contribution in [0.3, 0.4) is 0 Å². The van der Waals surface area contributed by atoms with Crippen LogP contribution in [0.4, 0.5) is 10.5 Å². The third-order valence-corrected chi connectivity index (χ3v) is 5.62. The number of rotatable bonds is 5. The number of hydrogen-bond acceptors (Lipinski definition) is 6. The van der Waals surface area contributed by atoms with E-state index in [1.807, 2.05) is 35.0 Å². The molecule has 26 heavy (non-hydrogen) atoms. The summed E-state index contributed by atoms with van der Waals surface area (Å²) in [5, 5.41) is 7.25. The maximum atomic E-state index is 11.6. The van der Waals surface area contributed by atoms with Crippen LogP contribution in [0.15, 0.2) is 39.4 Å². The van der Waals surface area contributed by atoms with Gasteiger partial charge in [-0.3, -0.25) is 4.79 Å². The molecule has 0 unspecified atom stereocenters. The number of ether oxygens (including phenoxy) is 1. The molecule has 0 bridgehead atoms. The predicted octanol–water partition coefficient (Wildman–Crippen LogP) is 3.88. The molecule has 132 valence electrons. The molecule has 0 atom stereocenters. The number of nitrogens with two attached hydrogens (primary N) is 2. The number of nitrogens with one attached hydrogen (secondary N) is 1. The van der Waals surface area contributed by atoms with Crippen LogP contribution in [0.1, 0.15) is 16.1 Å². The van der Waals surface area contributed by atoms with Gasteiger partial charge in [-0.2, -0.15) is 11.3 Å². The standard InChI is InChI=1S/C17H13N3O4S2/c18-16(21)14-12(20-17(19)22)15-13(24-14)10-2-1-9(5-11(10)26-15)23-6-8-3-4-25-7-8/h1-5,7H,6H2,(H2,18,21)(H3,19,20,22). The van der Waals surface area contributed by atoms with Crippen LogP contribution in [-0.2, 0) is 6.61 Å². The van der Waals surface area contributed by atoms with Crippen molar-refractivity contribution < 1.29 is 18.7 Å². The Balaban J connectivity index is 1.75. The molecule has 7 nitrogen and oxygen atoms in total. The summed E-state index contributed by atoms with van der Waals surface area (Å²) in [4.78, 5) is 22.8. The molecule has 0 saturated heterocycles. The minimum Gasteiger partial charge on any atom is -0.489 e. The topological polar surface area (TPSA) is 121 Å². The van der Waals surface area contributed by atoms with Gasteiger partial charge in [0, 0.05) is 10.1 Å². The van der Waals surface area contributed by atoms with Crippen molar-refractivity contribution in [1.82, 2.24) is 0 Å². The number of carbonyl (C=O) groups is 2. The number of amides is 3. The van der Waals surface area contributed by atoms with E-state index in [9.17, 15) is 9.59 Å². The van der Waals surface area contributed by atoms with Gasteiger partial charge in [0.15, 0.2) is 5.58 Å². The van der Waals surface area contributed by atoms with Crippen LogP contribution < -0.4 is 21.5 Å². The van der Waals surface area contributed by atoms with Crippen molar-refractivity contribution in [2.45, 2.75) is 6.61 Å². The molecule has 0 fully saturated rings. The molecule has 0 spiro atoms. The summed E-state index contributed by atoms with van der Waals surface area (Å²) in [6.45, 7) is 0.483. The van der Waals surface area contributed by atoms with E-state index in [-0.39, 0.29) is 11.4 Å². The number of carbonyl (C=O) groups excluding carboxylic acids is 2. The zero-order chi connectivity index (χ0) is 18.3. The molecule has 0 radical (unpaired) electrons. The Morgan fingerprint density at radius 3 is 2.77 bits per heavy atom. The molecule has 0 aliphatic rings. The summed E-state index contributed by atoms with van der Waals surface area (Å²) in [5.74, 6) is -0.183. The second kappa shape index (κ2) is 6.36. The van der Waals surface area contributed by atoms with E-state index >= 15 is 0 Å². The highest BCUT2D eigenvalue weighted by molar-refractivity contribution is 7.26. The summed E-state index contributed by atoms with van der Waals surface area (Å²) < 4.78 is 12.9. The zero-order valence-corrected chi connectivity index (χ0v) is 14.9. The first-order valence-electron chi connectivity index (χ1n) is 7.52. The first kappa shape index (κ1) is 16.4. The quantitative estimate of drug-likeness (QED) is 0.481. The summed E-state index contributed by atoms with van der Waals surface area (Å²) in [5.41, 5.74) is 12.3. The lowest BCUT2D eigenvalue weighted by Gasteiger charge is -2.04. The van der Waals surface area contributed by atoms with Gasteiger partial charge in [0.2, 0.25) is 5.76 Å². The fourth-order valence-electron chi connectivity index (χ4n) is 2.62. The van der Waals surface area contributed by atoms with Crippen molar-refractivity contribution in [2.24, 2.45) is 11.5 Å². The number of thiophene rings is 2. The van der Waals surface area contributed by atoms with Gasteiger partial charge in [-0.05, 0) is 40.6 Å². The number of urea groups is 1. The third kappa shape index (κ3) is 2.87. The average Bonchev–Trinajstić information content (AvgIpc) is 3.29. The van der Waals surface area contributed by atoms with Crippen molar-refractivity contribution in [1.29, 1.82) is 0 Å². The summed E-state index contributed by atoms with van der Waals surface area (Å²) in [6, 6.07) is 6.77. The van der Waals surface area contributed by atoms with Gasteiger partial charge in [0.05, 0.1) is 4.70 Å². The molecule has 0 saturated carbocycles. The molecule has 3 heterocycles. The molecule has 0 aliphatic carbocycles. The van der Waals surface area contributed by atoms with E-state index in [1.54, 1.807) is 11.3 Å². The van der Waals surface area contributed by atoms with Crippen molar-refractivity contribution >= 4 is 60.7 Å². The van der Waals surface area contributed by atoms with Crippen LogP contribution in [0.25, 0.3) is 20.4 Å². The summed E-state index contributed by atoms with van der Waals surface area (Å²) in [6.07, 6.45) is 0. The number of benzene rings is 1. The van der Waals surface area contributed by atoms with Crippen LogP contribution in [0.2, 0.25) is 0 Å². The van der Waals surface area contributed by atoms with Gasteiger partial charge in [-0.15, -0.1) is 11.3 Å². The Morgan fingerprint density at radius 2 is 2.08 bits per heavy atom. The van der Waals surface area contributed by atoms with Gasteiger partial charge in [-0.25, -0.2) is 4.79 Å². The molecular formula is C17H13N3O4S2. The first-order chi connectivity index (χ1) is 12.5. The van der Waals surface area contributed by atoms with E-state index in [0.29, 0.717) is 22.6 Å². The predicted molar refractivity (Wildman–Crippen MR) is 102 cm³/mol. The fraction of sp³-hybridized carbons (Fsp3) is 0.0588. The number of fused-ring (bicyclic) bond motifs is 3. The van der Waals surface area contributed by atoms with E-state index in [4.69, 9.17) is 20.6 Å². The monoisotopic (exact) mass is 387 g/mol. The first-order valence-corrected chi connectivity index (χ1v) is 9.28. The van der Waals surface area contributed by atoms with Crippen molar-refractivity contribution in [2.75, 3.05) is 5.32 Å².